The standard InChI is InChI=1S/C20H16F3N3/c21-20(22,23)14-6-8-15(9-7-14)25-19(24)26-17-11-5-13-3-1-2-12-4-10-16(17)18(12)13/h1-3,5-9,11H,4,10H2,(H3,24,25,26). The van der Waals surface area contributed by atoms with Gasteiger partial charge in [-0.3, -0.25) is 0 Å². The smallest absolute Gasteiger partial charge is 0.369 e. The van der Waals surface area contributed by atoms with E-state index in [1.807, 2.05) is 12.1 Å². The van der Waals surface area contributed by atoms with Crippen molar-refractivity contribution in [1.29, 1.82) is 0 Å². The summed E-state index contributed by atoms with van der Waals surface area (Å²) in [6.45, 7) is 0. The molecule has 1 aliphatic rings. The Morgan fingerprint density at radius 3 is 2.46 bits per heavy atom. The third-order valence-corrected chi connectivity index (χ3v) is 4.58. The quantitative estimate of drug-likeness (QED) is 0.501. The SMILES string of the molecule is NC(=Nc1ccc2cccc3c2c1CC3)Nc1ccc(C(F)(F)F)cc1. The lowest BCUT2D eigenvalue weighted by Gasteiger charge is -2.10. The zero-order valence-electron chi connectivity index (χ0n) is 13.8. The Morgan fingerprint density at radius 2 is 1.73 bits per heavy atom. The van der Waals surface area contributed by atoms with Gasteiger partial charge in [-0.2, -0.15) is 13.2 Å². The fraction of sp³-hybridized carbons (Fsp3) is 0.150. The minimum absolute atomic E-state index is 0.143. The van der Waals surface area contributed by atoms with Crippen molar-refractivity contribution in [2.24, 2.45) is 10.7 Å². The van der Waals surface area contributed by atoms with Gasteiger partial charge in [0.1, 0.15) is 0 Å². The van der Waals surface area contributed by atoms with Gasteiger partial charge in [0.15, 0.2) is 5.96 Å². The van der Waals surface area contributed by atoms with Crippen LogP contribution in [-0.4, -0.2) is 5.96 Å². The number of guanidine groups is 1. The van der Waals surface area contributed by atoms with E-state index in [-0.39, 0.29) is 5.96 Å². The molecule has 132 valence electrons. The van der Waals surface area contributed by atoms with Gasteiger partial charge in [-0.15, -0.1) is 0 Å². The Balaban J connectivity index is 1.61. The van der Waals surface area contributed by atoms with Gasteiger partial charge in [-0.25, -0.2) is 4.99 Å². The molecule has 3 aromatic carbocycles. The van der Waals surface area contributed by atoms with Crippen LogP contribution in [-0.2, 0) is 19.0 Å². The van der Waals surface area contributed by atoms with Crippen LogP contribution in [0.4, 0.5) is 24.5 Å². The summed E-state index contributed by atoms with van der Waals surface area (Å²) in [4.78, 5) is 4.44. The van der Waals surface area contributed by atoms with Crippen LogP contribution in [0.15, 0.2) is 59.6 Å². The van der Waals surface area contributed by atoms with Gasteiger partial charge in [0.25, 0.3) is 0 Å². The number of aliphatic imine (C=N–C) groups is 1. The number of hydrogen-bond donors (Lipinski definition) is 2. The van der Waals surface area contributed by atoms with E-state index in [9.17, 15) is 13.2 Å². The summed E-state index contributed by atoms with van der Waals surface area (Å²) >= 11 is 0. The zero-order chi connectivity index (χ0) is 18.3. The van der Waals surface area contributed by atoms with Gasteiger partial charge >= 0.3 is 6.18 Å². The van der Waals surface area contributed by atoms with Crippen LogP contribution in [0.5, 0.6) is 0 Å². The topological polar surface area (TPSA) is 50.4 Å². The molecule has 0 saturated carbocycles. The average molecular weight is 355 g/mol. The summed E-state index contributed by atoms with van der Waals surface area (Å²) in [5.74, 6) is 0.143. The van der Waals surface area contributed by atoms with Crippen molar-refractivity contribution in [2.45, 2.75) is 19.0 Å². The van der Waals surface area contributed by atoms with Crippen LogP contribution >= 0.6 is 0 Å². The number of aryl methyl sites for hydroxylation is 2. The molecule has 1 aliphatic carbocycles. The van der Waals surface area contributed by atoms with E-state index >= 15 is 0 Å². The molecule has 0 aromatic heterocycles. The maximum absolute atomic E-state index is 12.6. The highest BCUT2D eigenvalue weighted by atomic mass is 19.4. The molecule has 0 fully saturated rings. The second-order valence-corrected chi connectivity index (χ2v) is 6.28. The Hall–Kier alpha value is -3.02. The van der Waals surface area contributed by atoms with E-state index in [0.29, 0.717) is 5.69 Å². The Labute approximate surface area is 148 Å². The first kappa shape index (κ1) is 16.4. The van der Waals surface area contributed by atoms with Gasteiger partial charge < -0.3 is 11.1 Å². The lowest BCUT2D eigenvalue weighted by atomic mass is 10.0. The number of alkyl halides is 3. The second kappa shape index (κ2) is 6.05. The molecule has 0 aliphatic heterocycles. The zero-order valence-corrected chi connectivity index (χ0v) is 13.8. The highest BCUT2D eigenvalue weighted by Crippen LogP contribution is 2.37. The van der Waals surface area contributed by atoms with Crippen molar-refractivity contribution in [2.75, 3.05) is 5.32 Å². The van der Waals surface area contributed by atoms with Crippen molar-refractivity contribution in [3.63, 3.8) is 0 Å². The number of benzene rings is 3. The lowest BCUT2D eigenvalue weighted by molar-refractivity contribution is -0.137. The predicted molar refractivity (Wildman–Crippen MR) is 97.7 cm³/mol. The molecule has 6 heteroatoms. The molecule has 0 amide bonds. The van der Waals surface area contributed by atoms with E-state index < -0.39 is 11.7 Å². The maximum atomic E-state index is 12.6. The highest BCUT2D eigenvalue weighted by Gasteiger charge is 2.29. The van der Waals surface area contributed by atoms with Gasteiger partial charge in [-0.1, -0.05) is 24.3 Å². The molecule has 3 aromatic rings. The molecule has 0 saturated heterocycles. The van der Waals surface area contributed by atoms with Crippen molar-refractivity contribution in [3.05, 3.63) is 71.3 Å². The number of nitrogens with one attached hydrogen (secondary N) is 1. The van der Waals surface area contributed by atoms with Crippen LogP contribution < -0.4 is 11.1 Å². The summed E-state index contributed by atoms with van der Waals surface area (Å²) in [7, 11) is 0. The van der Waals surface area contributed by atoms with Crippen LogP contribution in [0.25, 0.3) is 10.8 Å². The molecule has 0 heterocycles. The number of anilines is 1. The third kappa shape index (κ3) is 2.98. The average Bonchev–Trinajstić information content (AvgIpc) is 3.03. The first-order valence-corrected chi connectivity index (χ1v) is 8.24. The summed E-state index contributed by atoms with van der Waals surface area (Å²) in [6.07, 6.45) is -2.47. The van der Waals surface area contributed by atoms with Crippen LogP contribution in [0, 0.1) is 0 Å². The molecule has 0 atom stereocenters. The third-order valence-electron chi connectivity index (χ3n) is 4.58. The second-order valence-electron chi connectivity index (χ2n) is 6.28. The number of nitrogens with two attached hydrogens (primary N) is 1. The Bertz CT molecular complexity index is 1010. The largest absolute Gasteiger partial charge is 0.416 e. The van der Waals surface area contributed by atoms with Crippen molar-refractivity contribution >= 4 is 28.1 Å². The Kier molecular flexibility index (Phi) is 3.83. The van der Waals surface area contributed by atoms with Gasteiger partial charge in [-0.05, 0) is 65.1 Å². The molecule has 0 bridgehead atoms. The van der Waals surface area contributed by atoms with Gasteiger partial charge in [0, 0.05) is 5.69 Å². The first-order valence-electron chi connectivity index (χ1n) is 8.24. The summed E-state index contributed by atoms with van der Waals surface area (Å²) < 4.78 is 37.9. The monoisotopic (exact) mass is 355 g/mol. The number of rotatable bonds is 2. The van der Waals surface area contributed by atoms with E-state index in [4.69, 9.17) is 5.73 Å². The van der Waals surface area contributed by atoms with Gasteiger partial charge in [0.05, 0.1) is 11.3 Å². The summed E-state index contributed by atoms with van der Waals surface area (Å²) in [6, 6.07) is 14.9. The van der Waals surface area contributed by atoms with E-state index in [0.717, 1.165) is 36.2 Å². The molecule has 4 rings (SSSR count). The Morgan fingerprint density at radius 1 is 0.962 bits per heavy atom. The molecule has 0 unspecified atom stereocenters. The predicted octanol–water partition coefficient (Wildman–Crippen LogP) is 5.02. The lowest BCUT2D eigenvalue weighted by Crippen LogP contribution is -2.22. The molecule has 0 radical (unpaired) electrons. The van der Waals surface area contributed by atoms with Crippen LogP contribution in [0.3, 0.4) is 0 Å². The van der Waals surface area contributed by atoms with E-state index in [1.54, 1.807) is 0 Å². The minimum atomic E-state index is -4.36. The first-order chi connectivity index (χ1) is 12.4. The molecule has 26 heavy (non-hydrogen) atoms. The minimum Gasteiger partial charge on any atom is -0.369 e. The molecular weight excluding hydrogens is 339 g/mol. The fourth-order valence-corrected chi connectivity index (χ4v) is 3.40. The number of nitrogens with zero attached hydrogens (tertiary/aromatic N) is 1. The molecule has 0 spiro atoms. The normalized spacial score (nSPS) is 14.0. The van der Waals surface area contributed by atoms with Crippen molar-refractivity contribution in [1.82, 2.24) is 0 Å². The maximum Gasteiger partial charge on any atom is 0.416 e. The molecule has 3 N–H and O–H groups in total. The fourth-order valence-electron chi connectivity index (χ4n) is 3.40. The molecular formula is C20H16F3N3. The van der Waals surface area contributed by atoms with Crippen LogP contribution in [0.2, 0.25) is 0 Å². The van der Waals surface area contributed by atoms with E-state index in [2.05, 4.69) is 28.5 Å². The summed E-state index contributed by atoms with van der Waals surface area (Å²) in [5.41, 5.74) is 8.98. The highest BCUT2D eigenvalue weighted by molar-refractivity contribution is 5.98. The van der Waals surface area contributed by atoms with E-state index in [1.165, 1.54) is 28.5 Å². The van der Waals surface area contributed by atoms with Gasteiger partial charge in [0.2, 0.25) is 0 Å². The van der Waals surface area contributed by atoms with Crippen LogP contribution in [0.1, 0.15) is 16.7 Å². The number of hydrogen-bond acceptors (Lipinski definition) is 1. The molecule has 3 nitrogen and oxygen atoms in total. The summed E-state index contributed by atoms with van der Waals surface area (Å²) in [5, 5.41) is 5.26. The number of halogens is 3. The van der Waals surface area contributed by atoms with Crippen molar-refractivity contribution < 1.29 is 13.2 Å². The van der Waals surface area contributed by atoms with Crippen molar-refractivity contribution in [3.8, 4) is 0 Å².